The maximum atomic E-state index is 12.9. The number of hydrogen-bond acceptors (Lipinski definition) is 4. The zero-order valence-electron chi connectivity index (χ0n) is 14.0. The molecule has 1 saturated carbocycles. The lowest BCUT2D eigenvalue weighted by molar-refractivity contribution is -0.197. The number of alkyl halides is 3. The third-order valence-corrected chi connectivity index (χ3v) is 5.44. The minimum atomic E-state index is -4.14. The number of nitrogens with zero attached hydrogens (tertiary/aromatic N) is 3. The van der Waals surface area contributed by atoms with E-state index in [1.54, 1.807) is 18.0 Å². The van der Waals surface area contributed by atoms with Crippen molar-refractivity contribution in [1.82, 2.24) is 9.88 Å². The minimum Gasteiger partial charge on any atom is -0.378 e. The second kappa shape index (κ2) is 5.86. The summed E-state index contributed by atoms with van der Waals surface area (Å²) >= 11 is 0. The monoisotopic (exact) mass is 355 g/mol. The van der Waals surface area contributed by atoms with Gasteiger partial charge in [-0.2, -0.15) is 13.2 Å². The van der Waals surface area contributed by atoms with Crippen molar-refractivity contribution >= 4 is 11.7 Å². The van der Waals surface area contributed by atoms with Crippen LogP contribution in [0.2, 0.25) is 0 Å². The number of ether oxygens (including phenoxy) is 1. The van der Waals surface area contributed by atoms with E-state index in [9.17, 15) is 18.0 Å². The second-order valence-corrected chi connectivity index (χ2v) is 7.06. The van der Waals surface area contributed by atoms with E-state index in [-0.39, 0.29) is 24.7 Å². The molecule has 0 radical (unpaired) electrons. The van der Waals surface area contributed by atoms with E-state index >= 15 is 0 Å². The molecule has 0 atom stereocenters. The lowest BCUT2D eigenvalue weighted by atomic mass is 9.71. The maximum Gasteiger partial charge on any atom is 0.391 e. The average Bonchev–Trinajstić information content (AvgIpc) is 2.81. The van der Waals surface area contributed by atoms with E-state index in [1.807, 2.05) is 4.90 Å². The number of carbonyl (C=O) groups is 1. The van der Waals surface area contributed by atoms with E-state index in [2.05, 4.69) is 0 Å². The molecule has 2 fully saturated rings. The van der Waals surface area contributed by atoms with Gasteiger partial charge in [0.05, 0.1) is 30.4 Å². The van der Waals surface area contributed by atoms with Gasteiger partial charge >= 0.3 is 6.18 Å². The van der Waals surface area contributed by atoms with E-state index < -0.39 is 12.1 Å². The molecule has 1 amide bonds. The van der Waals surface area contributed by atoms with Crippen LogP contribution in [-0.2, 0) is 11.3 Å². The van der Waals surface area contributed by atoms with Crippen LogP contribution in [0.4, 0.5) is 19.0 Å². The molecule has 5 nitrogen and oxygen atoms in total. The summed E-state index contributed by atoms with van der Waals surface area (Å²) < 4.78 is 43.9. The van der Waals surface area contributed by atoms with Gasteiger partial charge in [0, 0.05) is 38.2 Å². The first-order chi connectivity index (χ1) is 11.8. The molecule has 0 unspecified atom stereocenters. The zero-order chi connectivity index (χ0) is 17.8. The van der Waals surface area contributed by atoms with Gasteiger partial charge in [0.2, 0.25) is 0 Å². The minimum absolute atomic E-state index is 0.0629. The van der Waals surface area contributed by atoms with E-state index in [0.29, 0.717) is 49.9 Å². The van der Waals surface area contributed by atoms with Crippen molar-refractivity contribution in [2.45, 2.75) is 31.5 Å². The van der Waals surface area contributed by atoms with Crippen LogP contribution in [0.25, 0.3) is 0 Å². The van der Waals surface area contributed by atoms with Gasteiger partial charge in [-0.3, -0.25) is 4.79 Å². The predicted octanol–water partition coefficient (Wildman–Crippen LogP) is 2.56. The third-order valence-electron chi connectivity index (χ3n) is 5.44. The van der Waals surface area contributed by atoms with Gasteiger partial charge in [0.15, 0.2) is 0 Å². The summed E-state index contributed by atoms with van der Waals surface area (Å²) in [7, 11) is 1.71. The number of anilines is 1. The molecule has 2 aliphatic heterocycles. The molecule has 1 aromatic rings. The first-order valence-corrected chi connectivity index (χ1v) is 8.53. The molecule has 136 valence electrons. The molecule has 0 aromatic carbocycles. The van der Waals surface area contributed by atoms with Crippen LogP contribution in [0.3, 0.4) is 0 Å². The van der Waals surface area contributed by atoms with Crippen molar-refractivity contribution in [2.24, 2.45) is 5.92 Å². The summed E-state index contributed by atoms with van der Waals surface area (Å²) in [6.45, 7) is 2.94. The van der Waals surface area contributed by atoms with E-state index in [1.165, 1.54) is 0 Å². The summed E-state index contributed by atoms with van der Waals surface area (Å²) in [4.78, 5) is 20.7. The first-order valence-electron chi connectivity index (χ1n) is 8.53. The van der Waals surface area contributed by atoms with Gasteiger partial charge in [-0.05, 0) is 18.9 Å². The number of fused-ring (bicyclic) bond motifs is 1. The van der Waals surface area contributed by atoms with Gasteiger partial charge in [-0.25, -0.2) is 4.98 Å². The molecule has 1 saturated heterocycles. The Hall–Kier alpha value is -1.83. The summed E-state index contributed by atoms with van der Waals surface area (Å²) in [5.74, 6) is -0.881. The first kappa shape index (κ1) is 16.6. The number of halogens is 3. The highest BCUT2D eigenvalue weighted by atomic mass is 19.4. The quantitative estimate of drug-likeness (QED) is 0.818. The Morgan fingerprint density at radius 2 is 1.92 bits per heavy atom. The molecule has 4 rings (SSSR count). The Bertz CT molecular complexity index is 695. The molecule has 3 heterocycles. The molecule has 25 heavy (non-hydrogen) atoms. The fourth-order valence-electron chi connectivity index (χ4n) is 3.85. The van der Waals surface area contributed by atoms with Crippen LogP contribution in [0.1, 0.15) is 40.4 Å². The highest BCUT2D eigenvalue weighted by Crippen LogP contribution is 2.50. The second-order valence-electron chi connectivity index (χ2n) is 7.06. The SMILES string of the molecule is CN1Cc2c(cc(N3CCOCC3)nc2C2CC(C(F)(F)F)C2)C1=O. The number of hydrogen-bond donors (Lipinski definition) is 0. The molecule has 0 spiro atoms. The maximum absolute atomic E-state index is 12.9. The molecule has 0 bridgehead atoms. The standard InChI is InChI=1S/C17H20F3N3O2/c1-22-9-13-12(16(22)24)8-14(23-2-4-25-5-3-23)21-15(13)10-6-11(7-10)17(18,19)20/h8,10-11H,2-7,9H2,1H3. The number of rotatable bonds is 2. The number of carbonyl (C=O) groups excluding carboxylic acids is 1. The molecule has 0 N–H and O–H groups in total. The lowest BCUT2D eigenvalue weighted by Crippen LogP contribution is -2.38. The van der Waals surface area contributed by atoms with Gasteiger partial charge < -0.3 is 14.5 Å². The molecule has 8 heteroatoms. The summed E-state index contributed by atoms with van der Waals surface area (Å²) in [5, 5.41) is 0. The highest BCUT2D eigenvalue weighted by Gasteiger charge is 2.49. The van der Waals surface area contributed by atoms with Crippen molar-refractivity contribution < 1.29 is 22.7 Å². The van der Waals surface area contributed by atoms with Crippen molar-refractivity contribution in [1.29, 1.82) is 0 Å². The number of pyridine rings is 1. The van der Waals surface area contributed by atoms with Crippen molar-refractivity contribution in [3.63, 3.8) is 0 Å². The molecule has 1 aliphatic carbocycles. The van der Waals surface area contributed by atoms with Crippen LogP contribution in [-0.4, -0.2) is 55.3 Å². The summed E-state index contributed by atoms with van der Waals surface area (Å²) in [5.41, 5.74) is 2.07. The van der Waals surface area contributed by atoms with Gasteiger partial charge in [0.1, 0.15) is 5.82 Å². The summed E-state index contributed by atoms with van der Waals surface area (Å²) in [6.07, 6.45) is -4.02. The Kier molecular flexibility index (Phi) is 3.90. The fourth-order valence-corrected chi connectivity index (χ4v) is 3.85. The predicted molar refractivity (Wildman–Crippen MR) is 84.6 cm³/mol. The number of morpholine rings is 1. The topological polar surface area (TPSA) is 45.7 Å². The van der Waals surface area contributed by atoms with Gasteiger partial charge in [0.25, 0.3) is 5.91 Å². The Morgan fingerprint density at radius 1 is 1.24 bits per heavy atom. The Morgan fingerprint density at radius 3 is 2.56 bits per heavy atom. The zero-order valence-corrected chi connectivity index (χ0v) is 14.0. The normalized spacial score (nSPS) is 26.6. The Balaban J connectivity index is 1.67. The molecular formula is C17H20F3N3O2. The van der Waals surface area contributed by atoms with Crippen LogP contribution in [0.5, 0.6) is 0 Å². The Labute approximate surface area is 143 Å². The number of amides is 1. The third kappa shape index (κ3) is 2.86. The van der Waals surface area contributed by atoms with E-state index in [0.717, 1.165) is 5.56 Å². The van der Waals surface area contributed by atoms with Crippen LogP contribution in [0, 0.1) is 5.92 Å². The van der Waals surface area contributed by atoms with Crippen molar-refractivity contribution in [3.8, 4) is 0 Å². The van der Waals surface area contributed by atoms with Crippen molar-refractivity contribution in [3.05, 3.63) is 22.9 Å². The van der Waals surface area contributed by atoms with Gasteiger partial charge in [-0.15, -0.1) is 0 Å². The van der Waals surface area contributed by atoms with Crippen molar-refractivity contribution in [2.75, 3.05) is 38.3 Å². The van der Waals surface area contributed by atoms with Crippen LogP contribution in [0.15, 0.2) is 6.07 Å². The average molecular weight is 355 g/mol. The van der Waals surface area contributed by atoms with E-state index in [4.69, 9.17) is 9.72 Å². The summed E-state index contributed by atoms with van der Waals surface area (Å²) in [6, 6.07) is 1.79. The fraction of sp³-hybridized carbons (Fsp3) is 0.647. The molecule has 3 aliphatic rings. The smallest absolute Gasteiger partial charge is 0.378 e. The number of aromatic nitrogens is 1. The highest BCUT2D eigenvalue weighted by molar-refractivity contribution is 5.99. The largest absolute Gasteiger partial charge is 0.391 e. The van der Waals surface area contributed by atoms with Crippen LogP contribution >= 0.6 is 0 Å². The molecule has 1 aromatic heterocycles. The molecular weight excluding hydrogens is 335 g/mol. The lowest BCUT2D eigenvalue weighted by Gasteiger charge is -2.37. The van der Waals surface area contributed by atoms with Crippen LogP contribution < -0.4 is 4.90 Å². The van der Waals surface area contributed by atoms with Gasteiger partial charge in [-0.1, -0.05) is 0 Å².